The third-order valence-corrected chi connectivity index (χ3v) is 5.77. The fraction of sp³-hybridized carbons (Fsp3) is 0.409. The Balaban J connectivity index is 1.48. The zero-order valence-electron chi connectivity index (χ0n) is 14.7. The van der Waals surface area contributed by atoms with Crippen molar-refractivity contribution in [3.63, 3.8) is 0 Å². The minimum Gasteiger partial charge on any atom is -0.369 e. The maximum absolute atomic E-state index is 12.3. The molecular formula is C22H26N2O. The van der Waals surface area contributed by atoms with Gasteiger partial charge in [0.05, 0.1) is 5.41 Å². The molecule has 2 aromatic rings. The van der Waals surface area contributed by atoms with Crippen LogP contribution in [0, 0.1) is 11.3 Å². The van der Waals surface area contributed by atoms with Gasteiger partial charge < -0.3 is 10.6 Å². The summed E-state index contributed by atoms with van der Waals surface area (Å²) in [5, 5.41) is 0. The Labute approximate surface area is 149 Å². The molecule has 2 fully saturated rings. The van der Waals surface area contributed by atoms with Crippen LogP contribution >= 0.6 is 0 Å². The van der Waals surface area contributed by atoms with E-state index in [1.54, 1.807) is 0 Å². The quantitative estimate of drug-likeness (QED) is 0.879. The van der Waals surface area contributed by atoms with Crippen molar-refractivity contribution in [2.24, 2.45) is 17.1 Å². The second-order valence-corrected chi connectivity index (χ2v) is 7.81. The average Bonchev–Trinajstić information content (AvgIpc) is 3.35. The molecule has 0 aromatic heterocycles. The van der Waals surface area contributed by atoms with Crippen LogP contribution in [0.25, 0.3) is 11.1 Å². The van der Waals surface area contributed by atoms with E-state index in [2.05, 4.69) is 53.4 Å². The Morgan fingerprint density at radius 2 is 1.72 bits per heavy atom. The number of nitrogens with two attached hydrogens (primary N) is 1. The van der Waals surface area contributed by atoms with E-state index in [1.807, 2.05) is 6.07 Å². The van der Waals surface area contributed by atoms with Crippen molar-refractivity contribution in [3.8, 4) is 11.1 Å². The maximum Gasteiger partial charge on any atom is 0.225 e. The van der Waals surface area contributed by atoms with Gasteiger partial charge in [-0.15, -0.1) is 0 Å². The first-order chi connectivity index (χ1) is 12.1. The maximum atomic E-state index is 12.3. The number of benzene rings is 2. The first-order valence-corrected chi connectivity index (χ1v) is 9.31. The SMILES string of the molecule is NC(=O)[C@]1(Cc2ccc(-c3ccccc3)cc2)CCN(CC2CC2)C1. The van der Waals surface area contributed by atoms with Crippen LogP contribution in [0.4, 0.5) is 0 Å². The van der Waals surface area contributed by atoms with Gasteiger partial charge in [-0.2, -0.15) is 0 Å². The standard InChI is InChI=1S/C22H26N2O/c23-21(25)22(12-13-24(16-22)15-18-6-7-18)14-17-8-10-20(11-9-17)19-4-2-1-3-5-19/h1-5,8-11,18H,6-7,12-16H2,(H2,23,25)/t22-/m0/s1. The highest BCUT2D eigenvalue weighted by Crippen LogP contribution is 2.37. The number of amides is 1. The highest BCUT2D eigenvalue weighted by atomic mass is 16.1. The lowest BCUT2D eigenvalue weighted by Gasteiger charge is -2.26. The lowest BCUT2D eigenvalue weighted by molar-refractivity contribution is -0.127. The molecule has 25 heavy (non-hydrogen) atoms. The predicted octanol–water partition coefficient (Wildman–Crippen LogP) is 3.48. The Morgan fingerprint density at radius 3 is 2.36 bits per heavy atom. The van der Waals surface area contributed by atoms with Gasteiger partial charge in [0.25, 0.3) is 0 Å². The van der Waals surface area contributed by atoms with Gasteiger partial charge in [0.1, 0.15) is 0 Å². The molecule has 1 atom stereocenters. The topological polar surface area (TPSA) is 46.3 Å². The second kappa shape index (κ2) is 6.64. The number of hydrogen-bond donors (Lipinski definition) is 1. The predicted molar refractivity (Wildman–Crippen MR) is 101 cm³/mol. The lowest BCUT2D eigenvalue weighted by atomic mass is 9.80. The fourth-order valence-corrected chi connectivity index (χ4v) is 4.05. The van der Waals surface area contributed by atoms with Crippen molar-refractivity contribution in [1.29, 1.82) is 0 Å². The average molecular weight is 334 g/mol. The molecule has 0 bridgehead atoms. The van der Waals surface area contributed by atoms with E-state index in [1.165, 1.54) is 29.5 Å². The first kappa shape index (κ1) is 16.3. The Hall–Kier alpha value is -2.13. The number of hydrogen-bond acceptors (Lipinski definition) is 2. The molecule has 2 aliphatic rings. The zero-order chi connectivity index (χ0) is 17.3. The van der Waals surface area contributed by atoms with E-state index in [0.717, 1.165) is 38.4 Å². The molecule has 1 amide bonds. The van der Waals surface area contributed by atoms with E-state index in [4.69, 9.17) is 5.73 Å². The molecule has 3 nitrogen and oxygen atoms in total. The minimum atomic E-state index is -0.400. The highest BCUT2D eigenvalue weighted by Gasteiger charge is 2.44. The van der Waals surface area contributed by atoms with Crippen LogP contribution in [0.5, 0.6) is 0 Å². The molecule has 1 aliphatic heterocycles. The summed E-state index contributed by atoms with van der Waals surface area (Å²) in [5.74, 6) is 0.715. The molecular weight excluding hydrogens is 308 g/mol. The molecule has 2 aromatic carbocycles. The molecule has 130 valence electrons. The summed E-state index contributed by atoms with van der Waals surface area (Å²) < 4.78 is 0. The van der Waals surface area contributed by atoms with E-state index in [-0.39, 0.29) is 5.91 Å². The number of rotatable bonds is 6. The van der Waals surface area contributed by atoms with Gasteiger partial charge in [0.15, 0.2) is 0 Å². The minimum absolute atomic E-state index is 0.141. The first-order valence-electron chi connectivity index (χ1n) is 9.31. The fourth-order valence-electron chi connectivity index (χ4n) is 4.05. The molecule has 1 aliphatic carbocycles. The van der Waals surface area contributed by atoms with Crippen LogP contribution < -0.4 is 5.73 Å². The molecule has 0 unspecified atom stereocenters. The normalized spacial score (nSPS) is 23.7. The zero-order valence-corrected chi connectivity index (χ0v) is 14.7. The van der Waals surface area contributed by atoms with Crippen LogP contribution in [0.2, 0.25) is 0 Å². The summed E-state index contributed by atoms with van der Waals surface area (Å²) in [6, 6.07) is 19.0. The molecule has 0 spiro atoms. The van der Waals surface area contributed by atoms with Gasteiger partial charge in [-0.3, -0.25) is 4.79 Å². The lowest BCUT2D eigenvalue weighted by Crippen LogP contribution is -2.41. The monoisotopic (exact) mass is 334 g/mol. The van der Waals surface area contributed by atoms with Crippen LogP contribution in [0.15, 0.2) is 54.6 Å². The van der Waals surface area contributed by atoms with Gasteiger partial charge in [0, 0.05) is 13.1 Å². The van der Waals surface area contributed by atoms with Gasteiger partial charge in [-0.25, -0.2) is 0 Å². The number of likely N-dealkylation sites (tertiary alicyclic amines) is 1. The smallest absolute Gasteiger partial charge is 0.225 e. The Kier molecular flexibility index (Phi) is 4.34. The van der Waals surface area contributed by atoms with Crippen LogP contribution in [-0.2, 0) is 11.2 Å². The van der Waals surface area contributed by atoms with Crippen molar-refractivity contribution < 1.29 is 4.79 Å². The van der Waals surface area contributed by atoms with Crippen LogP contribution in [0.1, 0.15) is 24.8 Å². The van der Waals surface area contributed by atoms with Gasteiger partial charge in [-0.1, -0.05) is 54.6 Å². The van der Waals surface area contributed by atoms with E-state index >= 15 is 0 Å². The highest BCUT2D eigenvalue weighted by molar-refractivity contribution is 5.82. The van der Waals surface area contributed by atoms with Crippen LogP contribution in [0.3, 0.4) is 0 Å². The third kappa shape index (κ3) is 3.62. The van der Waals surface area contributed by atoms with Crippen molar-refractivity contribution in [3.05, 3.63) is 60.2 Å². The second-order valence-electron chi connectivity index (χ2n) is 7.81. The summed E-state index contributed by atoms with van der Waals surface area (Å²) >= 11 is 0. The summed E-state index contributed by atoms with van der Waals surface area (Å²) in [6.45, 7) is 2.96. The molecule has 0 radical (unpaired) electrons. The van der Waals surface area contributed by atoms with Crippen molar-refractivity contribution in [2.75, 3.05) is 19.6 Å². The van der Waals surface area contributed by atoms with E-state index < -0.39 is 5.41 Å². The van der Waals surface area contributed by atoms with Gasteiger partial charge >= 0.3 is 0 Å². The Morgan fingerprint density at radius 1 is 1.04 bits per heavy atom. The van der Waals surface area contributed by atoms with Gasteiger partial charge in [0.2, 0.25) is 5.91 Å². The largest absolute Gasteiger partial charge is 0.369 e. The van der Waals surface area contributed by atoms with Crippen molar-refractivity contribution in [2.45, 2.75) is 25.7 Å². The van der Waals surface area contributed by atoms with Crippen molar-refractivity contribution >= 4 is 5.91 Å². The molecule has 2 N–H and O–H groups in total. The molecule has 1 saturated heterocycles. The van der Waals surface area contributed by atoms with E-state index in [9.17, 15) is 4.79 Å². The van der Waals surface area contributed by atoms with Crippen LogP contribution in [-0.4, -0.2) is 30.4 Å². The van der Waals surface area contributed by atoms with E-state index in [0.29, 0.717) is 0 Å². The summed E-state index contributed by atoms with van der Waals surface area (Å²) in [7, 11) is 0. The molecule has 3 heteroatoms. The number of carbonyl (C=O) groups excluding carboxylic acids is 1. The van der Waals surface area contributed by atoms with Crippen molar-refractivity contribution in [1.82, 2.24) is 4.90 Å². The number of primary amides is 1. The number of carbonyl (C=O) groups is 1. The molecule has 1 heterocycles. The van der Waals surface area contributed by atoms with Gasteiger partial charge in [-0.05, 0) is 54.8 Å². The Bertz CT molecular complexity index is 736. The molecule has 4 rings (SSSR count). The number of nitrogens with zero attached hydrogens (tertiary/aromatic N) is 1. The summed E-state index contributed by atoms with van der Waals surface area (Å²) in [5.41, 5.74) is 9.07. The summed E-state index contributed by atoms with van der Waals surface area (Å²) in [6.07, 6.45) is 4.33. The molecule has 1 saturated carbocycles. The summed E-state index contributed by atoms with van der Waals surface area (Å²) in [4.78, 5) is 14.7. The third-order valence-electron chi connectivity index (χ3n) is 5.77.